The molecule has 3 nitrogen and oxygen atoms in total. The monoisotopic (exact) mass is 350 g/mol. The van der Waals surface area contributed by atoms with Crippen LogP contribution in [0.5, 0.6) is 0 Å². The average molecular weight is 351 g/mol. The number of hydrogen-bond donors (Lipinski definition) is 1. The van der Waals surface area contributed by atoms with E-state index in [1.165, 1.54) is 18.4 Å². The van der Waals surface area contributed by atoms with Gasteiger partial charge in [0.2, 0.25) is 0 Å². The molecule has 1 heterocycles. The molecule has 1 aromatic rings. The van der Waals surface area contributed by atoms with Gasteiger partial charge in [0.15, 0.2) is 0 Å². The van der Waals surface area contributed by atoms with Crippen molar-refractivity contribution in [1.82, 2.24) is 9.80 Å². The minimum Gasteiger partial charge on any atom is -0.389 e. The summed E-state index contributed by atoms with van der Waals surface area (Å²) in [5.41, 5.74) is 0.610. The van der Waals surface area contributed by atoms with E-state index in [0.717, 1.165) is 50.3 Å². The molecule has 1 saturated heterocycles. The molecule has 134 valence electrons. The van der Waals surface area contributed by atoms with Gasteiger partial charge in [-0.05, 0) is 57.6 Å². The first-order chi connectivity index (χ1) is 11.5. The number of hydrogen-bond acceptors (Lipinski definition) is 3. The molecule has 1 aromatic carbocycles. The van der Waals surface area contributed by atoms with Crippen molar-refractivity contribution in [2.75, 3.05) is 33.7 Å². The average Bonchev–Trinajstić information content (AvgIpc) is 3.02. The first-order valence-electron chi connectivity index (χ1n) is 9.34. The lowest BCUT2D eigenvalue weighted by molar-refractivity contribution is -0.0296. The quantitative estimate of drug-likeness (QED) is 0.876. The Morgan fingerprint density at radius 2 is 2.04 bits per heavy atom. The van der Waals surface area contributed by atoms with Crippen LogP contribution < -0.4 is 0 Å². The van der Waals surface area contributed by atoms with Crippen molar-refractivity contribution in [3.05, 3.63) is 34.9 Å². The maximum atomic E-state index is 11.4. The molecule has 0 spiro atoms. The zero-order valence-corrected chi connectivity index (χ0v) is 15.8. The Labute approximate surface area is 151 Å². The van der Waals surface area contributed by atoms with Gasteiger partial charge in [0.1, 0.15) is 0 Å². The highest BCUT2D eigenvalue weighted by atomic mass is 35.5. The van der Waals surface area contributed by atoms with Crippen LogP contribution in [0, 0.1) is 0 Å². The lowest BCUT2D eigenvalue weighted by Crippen LogP contribution is -2.44. The van der Waals surface area contributed by atoms with Gasteiger partial charge >= 0.3 is 0 Å². The first-order valence-corrected chi connectivity index (χ1v) is 9.72. The number of likely N-dealkylation sites (tertiary alicyclic amines) is 1. The van der Waals surface area contributed by atoms with Crippen molar-refractivity contribution in [3.63, 3.8) is 0 Å². The number of rotatable bonds is 5. The summed E-state index contributed by atoms with van der Waals surface area (Å²) >= 11 is 6.25. The van der Waals surface area contributed by atoms with E-state index in [1.807, 2.05) is 12.1 Å². The number of benzene rings is 1. The number of likely N-dealkylation sites (N-methyl/N-ethyl adjacent to an activating group) is 1. The third kappa shape index (κ3) is 4.13. The fourth-order valence-corrected chi connectivity index (χ4v) is 4.68. The largest absolute Gasteiger partial charge is 0.389 e. The van der Waals surface area contributed by atoms with Crippen LogP contribution >= 0.6 is 11.6 Å². The van der Waals surface area contributed by atoms with Gasteiger partial charge in [0.05, 0.1) is 5.60 Å². The van der Waals surface area contributed by atoms with Crippen LogP contribution in [0.1, 0.15) is 50.0 Å². The number of nitrogens with zero attached hydrogens (tertiary/aromatic N) is 2. The van der Waals surface area contributed by atoms with Crippen molar-refractivity contribution < 1.29 is 5.11 Å². The van der Waals surface area contributed by atoms with E-state index in [9.17, 15) is 5.11 Å². The molecule has 3 rings (SSSR count). The Bertz CT molecular complexity index is 542. The summed E-state index contributed by atoms with van der Waals surface area (Å²) < 4.78 is 0. The highest BCUT2D eigenvalue weighted by Crippen LogP contribution is 2.41. The van der Waals surface area contributed by atoms with Gasteiger partial charge in [-0.15, -0.1) is 0 Å². The molecule has 0 aromatic heterocycles. The maximum Gasteiger partial charge on any atom is 0.0728 e. The van der Waals surface area contributed by atoms with Crippen LogP contribution in [0.3, 0.4) is 0 Å². The van der Waals surface area contributed by atoms with Gasteiger partial charge in [-0.1, -0.05) is 43.0 Å². The zero-order chi connectivity index (χ0) is 17.2. The third-order valence-corrected chi connectivity index (χ3v) is 6.27. The van der Waals surface area contributed by atoms with Gasteiger partial charge in [-0.3, -0.25) is 0 Å². The molecular formula is C20H31ClN2O. The van der Waals surface area contributed by atoms with E-state index in [0.29, 0.717) is 6.04 Å². The fourth-order valence-electron chi connectivity index (χ4n) is 4.48. The van der Waals surface area contributed by atoms with Gasteiger partial charge in [-0.25, -0.2) is 0 Å². The summed E-state index contributed by atoms with van der Waals surface area (Å²) in [7, 11) is 4.33. The topological polar surface area (TPSA) is 26.7 Å². The van der Waals surface area contributed by atoms with Gasteiger partial charge in [0, 0.05) is 30.1 Å². The van der Waals surface area contributed by atoms with Crippen LogP contribution in [0.25, 0.3) is 0 Å². The lowest BCUT2D eigenvalue weighted by Gasteiger charge is -2.41. The summed E-state index contributed by atoms with van der Waals surface area (Å²) in [6.45, 7) is 3.15. The number of halogens is 1. The van der Waals surface area contributed by atoms with Crippen molar-refractivity contribution >= 4 is 11.6 Å². The van der Waals surface area contributed by atoms with Gasteiger partial charge in [-0.2, -0.15) is 0 Å². The molecule has 0 bridgehead atoms. The number of aliphatic hydroxyl groups is 1. The molecule has 2 atom stereocenters. The lowest BCUT2D eigenvalue weighted by atomic mass is 9.72. The Balaban J connectivity index is 1.80. The summed E-state index contributed by atoms with van der Waals surface area (Å²) in [6, 6.07) is 8.76. The second-order valence-electron chi connectivity index (χ2n) is 7.94. The van der Waals surface area contributed by atoms with E-state index in [-0.39, 0.29) is 5.92 Å². The third-order valence-electron chi connectivity index (χ3n) is 6.04. The molecular weight excluding hydrogens is 320 g/mol. The summed E-state index contributed by atoms with van der Waals surface area (Å²) in [5, 5.41) is 12.2. The minimum absolute atomic E-state index is 0.150. The van der Waals surface area contributed by atoms with Crippen molar-refractivity contribution in [2.45, 2.75) is 56.1 Å². The normalized spacial score (nSPS) is 26.0. The van der Waals surface area contributed by atoms with E-state index in [2.05, 4.69) is 36.0 Å². The molecule has 0 amide bonds. The molecule has 1 saturated carbocycles. The Morgan fingerprint density at radius 3 is 2.67 bits per heavy atom. The Kier molecular flexibility index (Phi) is 5.86. The van der Waals surface area contributed by atoms with Gasteiger partial charge in [0.25, 0.3) is 0 Å². The SMILES string of the molecule is CN(C)[C@H]1CCN(CC(c2cccc(Cl)c2)C2(O)CCCCC2)C1. The predicted molar refractivity (Wildman–Crippen MR) is 101 cm³/mol. The second kappa shape index (κ2) is 7.74. The van der Waals surface area contributed by atoms with Crippen LogP contribution in [0.2, 0.25) is 5.02 Å². The van der Waals surface area contributed by atoms with Crippen molar-refractivity contribution in [2.24, 2.45) is 0 Å². The summed E-state index contributed by atoms with van der Waals surface area (Å²) in [6.07, 6.45) is 6.55. The van der Waals surface area contributed by atoms with Crippen LogP contribution in [-0.4, -0.2) is 60.3 Å². The molecule has 1 aliphatic heterocycles. The molecule has 0 radical (unpaired) electrons. The standard InChI is InChI=1S/C20H31ClN2O/c1-22(2)18-9-12-23(14-18)15-19(16-7-6-8-17(21)13-16)20(24)10-4-3-5-11-20/h6-8,13,18-19,24H,3-5,9-12,14-15H2,1-2H3/t18-,19?/m0/s1. The van der Waals surface area contributed by atoms with Crippen LogP contribution in [0.4, 0.5) is 0 Å². The molecule has 2 aliphatic rings. The smallest absolute Gasteiger partial charge is 0.0728 e. The molecule has 1 aliphatic carbocycles. The highest BCUT2D eigenvalue weighted by molar-refractivity contribution is 6.30. The van der Waals surface area contributed by atoms with E-state index < -0.39 is 5.60 Å². The van der Waals surface area contributed by atoms with Crippen LogP contribution in [0.15, 0.2) is 24.3 Å². The van der Waals surface area contributed by atoms with Crippen molar-refractivity contribution in [3.8, 4) is 0 Å². The van der Waals surface area contributed by atoms with E-state index >= 15 is 0 Å². The highest BCUT2D eigenvalue weighted by Gasteiger charge is 2.40. The molecule has 1 unspecified atom stereocenters. The van der Waals surface area contributed by atoms with Crippen molar-refractivity contribution in [1.29, 1.82) is 0 Å². The molecule has 1 N–H and O–H groups in total. The summed E-state index contributed by atoms with van der Waals surface area (Å²) in [4.78, 5) is 4.85. The Morgan fingerprint density at radius 1 is 1.29 bits per heavy atom. The minimum atomic E-state index is -0.584. The van der Waals surface area contributed by atoms with Crippen LogP contribution in [-0.2, 0) is 0 Å². The molecule has 24 heavy (non-hydrogen) atoms. The van der Waals surface area contributed by atoms with E-state index in [4.69, 9.17) is 11.6 Å². The van der Waals surface area contributed by atoms with E-state index in [1.54, 1.807) is 0 Å². The maximum absolute atomic E-state index is 11.4. The molecule has 2 fully saturated rings. The second-order valence-corrected chi connectivity index (χ2v) is 8.37. The van der Waals surface area contributed by atoms with Gasteiger partial charge < -0.3 is 14.9 Å². The first kappa shape index (κ1) is 18.2. The zero-order valence-electron chi connectivity index (χ0n) is 15.0. The Hall–Kier alpha value is -0.610. The predicted octanol–water partition coefficient (Wildman–Crippen LogP) is 3.75. The summed E-state index contributed by atoms with van der Waals surface area (Å²) in [5.74, 6) is 0.150. The fraction of sp³-hybridized carbons (Fsp3) is 0.700. The molecule has 4 heteroatoms.